The van der Waals surface area contributed by atoms with Crippen molar-refractivity contribution in [3.05, 3.63) is 11.7 Å². The van der Waals surface area contributed by atoms with Crippen molar-refractivity contribution in [2.45, 2.75) is 64.1 Å². The lowest BCUT2D eigenvalue weighted by Gasteiger charge is -2.24. The van der Waals surface area contributed by atoms with Crippen molar-refractivity contribution >= 4 is 5.91 Å². The molecule has 1 aliphatic carbocycles. The number of aryl methyl sites for hydroxylation is 1. The van der Waals surface area contributed by atoms with Crippen LogP contribution < -0.4 is 5.32 Å². The number of nitrogens with one attached hydrogen (secondary N) is 1. The van der Waals surface area contributed by atoms with Gasteiger partial charge < -0.3 is 14.7 Å². The third kappa shape index (κ3) is 3.10. The van der Waals surface area contributed by atoms with Crippen LogP contribution >= 0.6 is 0 Å². The van der Waals surface area contributed by atoms with E-state index >= 15 is 0 Å². The first-order valence-electron chi connectivity index (χ1n) is 8.00. The fourth-order valence-electron chi connectivity index (χ4n) is 3.56. The molecule has 0 aromatic carbocycles. The van der Waals surface area contributed by atoms with Crippen LogP contribution in [0.5, 0.6) is 0 Å². The highest BCUT2D eigenvalue weighted by Crippen LogP contribution is 2.33. The van der Waals surface area contributed by atoms with Crippen molar-refractivity contribution in [3.8, 4) is 0 Å². The number of rotatable bonds is 4. The lowest BCUT2D eigenvalue weighted by atomic mass is 9.85. The van der Waals surface area contributed by atoms with Gasteiger partial charge in [-0.2, -0.15) is 4.98 Å². The molecule has 1 saturated carbocycles. The largest absolute Gasteiger partial charge is 0.337 e. The first-order chi connectivity index (χ1) is 10.2. The zero-order chi connectivity index (χ0) is 14.8. The molecule has 1 aliphatic heterocycles. The highest BCUT2D eigenvalue weighted by Gasteiger charge is 2.39. The van der Waals surface area contributed by atoms with E-state index in [1.807, 2.05) is 14.0 Å². The highest BCUT2D eigenvalue weighted by molar-refractivity contribution is 5.82. The summed E-state index contributed by atoms with van der Waals surface area (Å²) in [5.41, 5.74) is 0. The Morgan fingerprint density at radius 3 is 2.95 bits per heavy atom. The minimum absolute atomic E-state index is 0.0448. The number of amides is 1. The summed E-state index contributed by atoms with van der Waals surface area (Å²) >= 11 is 0. The van der Waals surface area contributed by atoms with E-state index in [1.54, 1.807) is 4.90 Å². The van der Waals surface area contributed by atoms with Gasteiger partial charge >= 0.3 is 0 Å². The Labute approximate surface area is 125 Å². The summed E-state index contributed by atoms with van der Waals surface area (Å²) < 4.78 is 5.16. The number of hydrogen-bond donors (Lipinski definition) is 1. The third-order valence-electron chi connectivity index (χ3n) is 4.74. The van der Waals surface area contributed by atoms with Crippen molar-refractivity contribution in [2.75, 3.05) is 7.05 Å². The molecule has 1 aromatic heterocycles. The van der Waals surface area contributed by atoms with Gasteiger partial charge in [-0.05, 0) is 25.2 Å². The monoisotopic (exact) mass is 292 g/mol. The minimum Gasteiger partial charge on any atom is -0.337 e. The van der Waals surface area contributed by atoms with Gasteiger partial charge in [0.25, 0.3) is 0 Å². The Bertz CT molecular complexity index is 488. The van der Waals surface area contributed by atoms with Gasteiger partial charge in [0.1, 0.15) is 0 Å². The van der Waals surface area contributed by atoms with Crippen molar-refractivity contribution in [2.24, 2.45) is 5.92 Å². The molecule has 1 aromatic rings. The summed E-state index contributed by atoms with van der Waals surface area (Å²) in [6.45, 7) is 2.37. The lowest BCUT2D eigenvalue weighted by molar-refractivity contribution is -0.132. The number of likely N-dealkylation sites (N-methyl/N-ethyl adjacent to an activating group) is 1. The summed E-state index contributed by atoms with van der Waals surface area (Å²) in [5, 5.41) is 7.38. The van der Waals surface area contributed by atoms with E-state index < -0.39 is 0 Å². The van der Waals surface area contributed by atoms with Crippen molar-refractivity contribution in [3.63, 3.8) is 0 Å². The Morgan fingerprint density at radius 1 is 1.43 bits per heavy atom. The molecule has 1 saturated heterocycles. The maximum atomic E-state index is 12.5. The molecule has 3 rings (SSSR count). The summed E-state index contributed by atoms with van der Waals surface area (Å²) in [6.07, 6.45) is 6.77. The van der Waals surface area contributed by atoms with Crippen LogP contribution in [0.25, 0.3) is 0 Å². The van der Waals surface area contributed by atoms with E-state index in [2.05, 4.69) is 15.5 Å². The van der Waals surface area contributed by atoms with Crippen LogP contribution in [0.3, 0.4) is 0 Å². The fourth-order valence-corrected chi connectivity index (χ4v) is 3.56. The number of aromatic nitrogens is 2. The summed E-state index contributed by atoms with van der Waals surface area (Å²) in [7, 11) is 1.81. The van der Waals surface area contributed by atoms with Gasteiger partial charge in [0.05, 0.1) is 12.6 Å². The Kier molecular flexibility index (Phi) is 4.24. The molecule has 2 fully saturated rings. The molecule has 0 spiro atoms. The van der Waals surface area contributed by atoms with Crippen LogP contribution in [0.4, 0.5) is 0 Å². The van der Waals surface area contributed by atoms with E-state index in [9.17, 15) is 4.79 Å². The molecule has 21 heavy (non-hydrogen) atoms. The number of nitrogens with zero attached hydrogens (tertiary/aromatic N) is 3. The second kappa shape index (κ2) is 6.13. The van der Waals surface area contributed by atoms with Gasteiger partial charge in [0.2, 0.25) is 11.8 Å². The molecule has 3 atom stereocenters. The average molecular weight is 292 g/mol. The van der Waals surface area contributed by atoms with E-state index in [-0.39, 0.29) is 11.9 Å². The number of carbonyl (C=O) groups excluding carboxylic acids is 1. The predicted octanol–water partition coefficient (Wildman–Crippen LogP) is 1.51. The van der Waals surface area contributed by atoms with E-state index in [1.165, 1.54) is 25.7 Å². The quantitative estimate of drug-likeness (QED) is 0.911. The van der Waals surface area contributed by atoms with Crippen LogP contribution in [0.1, 0.15) is 50.7 Å². The normalized spacial score (nSPS) is 28.4. The van der Waals surface area contributed by atoms with E-state index in [0.29, 0.717) is 30.2 Å². The topological polar surface area (TPSA) is 71.3 Å². The molecule has 6 nitrogen and oxygen atoms in total. The Balaban J connectivity index is 1.57. The second-order valence-corrected chi connectivity index (χ2v) is 6.26. The van der Waals surface area contributed by atoms with Crippen molar-refractivity contribution < 1.29 is 9.32 Å². The zero-order valence-electron chi connectivity index (χ0n) is 12.8. The molecule has 1 amide bonds. The SMILES string of the molecule is CCc1noc(CN(C)C(=O)C2CC3CCCCC3N2)n1. The molecule has 2 heterocycles. The molecular weight excluding hydrogens is 268 g/mol. The first-order valence-corrected chi connectivity index (χ1v) is 8.00. The summed E-state index contributed by atoms with van der Waals surface area (Å²) in [6, 6.07) is 0.493. The summed E-state index contributed by atoms with van der Waals surface area (Å²) in [5.74, 6) is 2.02. The van der Waals surface area contributed by atoms with Crippen LogP contribution in [0.15, 0.2) is 4.52 Å². The minimum atomic E-state index is -0.0448. The standard InChI is InChI=1S/C15H24N4O2/c1-3-13-17-14(21-18-13)9-19(2)15(20)12-8-10-6-4-5-7-11(10)16-12/h10-12,16H,3-9H2,1-2H3. The van der Waals surface area contributed by atoms with Gasteiger partial charge in [-0.25, -0.2) is 0 Å². The van der Waals surface area contributed by atoms with Gasteiger partial charge in [-0.1, -0.05) is 24.9 Å². The van der Waals surface area contributed by atoms with Crippen LogP contribution in [0.2, 0.25) is 0 Å². The maximum absolute atomic E-state index is 12.5. The molecule has 1 N–H and O–H groups in total. The summed E-state index contributed by atoms with van der Waals surface area (Å²) in [4.78, 5) is 18.5. The maximum Gasteiger partial charge on any atom is 0.246 e. The van der Waals surface area contributed by atoms with Crippen molar-refractivity contribution in [1.29, 1.82) is 0 Å². The average Bonchev–Trinajstić information content (AvgIpc) is 3.12. The lowest BCUT2D eigenvalue weighted by Crippen LogP contribution is -2.43. The van der Waals surface area contributed by atoms with Gasteiger partial charge in [-0.3, -0.25) is 4.79 Å². The van der Waals surface area contributed by atoms with Gasteiger partial charge in [-0.15, -0.1) is 0 Å². The van der Waals surface area contributed by atoms with Crippen molar-refractivity contribution in [1.82, 2.24) is 20.4 Å². The molecule has 0 bridgehead atoms. The molecule has 2 aliphatic rings. The van der Waals surface area contributed by atoms with Crippen LogP contribution in [-0.2, 0) is 17.8 Å². The zero-order valence-corrected chi connectivity index (χ0v) is 12.8. The highest BCUT2D eigenvalue weighted by atomic mass is 16.5. The molecular formula is C15H24N4O2. The molecule has 3 unspecified atom stereocenters. The predicted molar refractivity (Wildman–Crippen MR) is 77.4 cm³/mol. The smallest absolute Gasteiger partial charge is 0.246 e. The van der Waals surface area contributed by atoms with Crippen LogP contribution in [0, 0.1) is 5.92 Å². The number of fused-ring (bicyclic) bond motifs is 1. The Hall–Kier alpha value is -1.43. The molecule has 0 radical (unpaired) electrons. The fraction of sp³-hybridized carbons (Fsp3) is 0.800. The first kappa shape index (κ1) is 14.5. The second-order valence-electron chi connectivity index (χ2n) is 6.26. The van der Waals surface area contributed by atoms with E-state index in [4.69, 9.17) is 4.52 Å². The number of carbonyl (C=O) groups is 1. The number of hydrogen-bond acceptors (Lipinski definition) is 5. The molecule has 6 heteroatoms. The van der Waals surface area contributed by atoms with Gasteiger partial charge in [0.15, 0.2) is 5.82 Å². The van der Waals surface area contributed by atoms with Crippen LogP contribution in [-0.4, -0.2) is 40.1 Å². The van der Waals surface area contributed by atoms with Gasteiger partial charge in [0, 0.05) is 19.5 Å². The molecule has 116 valence electrons. The van der Waals surface area contributed by atoms with E-state index in [0.717, 1.165) is 12.8 Å². The third-order valence-corrected chi connectivity index (χ3v) is 4.74. The Morgan fingerprint density at radius 2 is 2.24 bits per heavy atom.